The van der Waals surface area contributed by atoms with Gasteiger partial charge in [-0.2, -0.15) is 0 Å². The Morgan fingerprint density at radius 1 is 1.16 bits per heavy atom. The largest absolute Gasteiger partial charge is 0.360 e. The fraction of sp³-hybridized carbons (Fsp3) is 0.417. The number of aromatic nitrogens is 2. The number of nitrogens with one attached hydrogen (secondary N) is 2. The first-order valence-electron chi connectivity index (χ1n) is 10.8. The molecule has 0 atom stereocenters. The number of anilines is 1. The maximum atomic E-state index is 14.0. The van der Waals surface area contributed by atoms with Gasteiger partial charge in [0.05, 0.1) is 23.8 Å². The molecular weight excluding hydrogens is 393 g/mol. The fourth-order valence-electron chi connectivity index (χ4n) is 5.51. The summed E-state index contributed by atoms with van der Waals surface area (Å²) in [5.41, 5.74) is 2.46. The summed E-state index contributed by atoms with van der Waals surface area (Å²) in [5, 5.41) is 4.36. The topological polar surface area (TPSA) is 64.3 Å². The summed E-state index contributed by atoms with van der Waals surface area (Å²) in [7, 11) is 4.11. The summed E-state index contributed by atoms with van der Waals surface area (Å²) in [6.07, 6.45) is 7.04. The van der Waals surface area contributed by atoms with Gasteiger partial charge in [-0.15, -0.1) is 0 Å². The number of carbonyl (C=O) groups is 1. The predicted molar refractivity (Wildman–Crippen MR) is 120 cm³/mol. The molecule has 0 unspecified atom stereocenters. The van der Waals surface area contributed by atoms with Gasteiger partial charge in [0.1, 0.15) is 11.6 Å². The van der Waals surface area contributed by atoms with E-state index in [0.29, 0.717) is 6.54 Å². The SMILES string of the molecule is Cc1c(N2CC3(CCC(c4cccc(F)c4)(N(C)C)CC3)NC2=O)ncc2[nH]ccc12. The predicted octanol–water partition coefficient (Wildman–Crippen LogP) is 4.31. The van der Waals surface area contributed by atoms with E-state index in [9.17, 15) is 9.18 Å². The van der Waals surface area contributed by atoms with Crippen molar-refractivity contribution < 1.29 is 9.18 Å². The Kier molecular flexibility index (Phi) is 4.55. The molecular formula is C24H28FN5O. The van der Waals surface area contributed by atoms with Crippen molar-refractivity contribution in [2.45, 2.75) is 43.7 Å². The number of H-pyrrole nitrogens is 1. The monoisotopic (exact) mass is 421 g/mol. The molecule has 1 aromatic carbocycles. The second-order valence-electron chi connectivity index (χ2n) is 9.24. The number of amides is 2. The van der Waals surface area contributed by atoms with Crippen molar-refractivity contribution in [2.24, 2.45) is 0 Å². The summed E-state index contributed by atoms with van der Waals surface area (Å²) >= 11 is 0. The van der Waals surface area contributed by atoms with E-state index in [1.54, 1.807) is 23.2 Å². The number of hydrogen-bond donors (Lipinski definition) is 2. The Bertz CT molecular complexity index is 1150. The lowest BCUT2D eigenvalue weighted by Gasteiger charge is -2.48. The molecule has 3 heterocycles. The standard InChI is InChI=1S/C24H28FN5O/c1-16-19-7-12-26-20(19)14-27-21(16)30-15-23(28-22(30)31)8-10-24(11-9-23,29(2)3)17-5-4-6-18(25)13-17/h4-7,12-14,26H,8-11,15H2,1-3H3,(H,28,31). The number of nitrogens with zero attached hydrogens (tertiary/aromatic N) is 3. The average molecular weight is 422 g/mol. The van der Waals surface area contributed by atoms with Crippen molar-refractivity contribution in [1.82, 2.24) is 20.2 Å². The van der Waals surface area contributed by atoms with Gasteiger partial charge in [0.2, 0.25) is 0 Å². The number of aryl methyl sites for hydroxylation is 1. The molecule has 2 aliphatic rings. The third-order valence-electron chi connectivity index (χ3n) is 7.42. The number of carbonyl (C=O) groups excluding carboxylic acids is 1. The second kappa shape index (κ2) is 7.05. The third kappa shape index (κ3) is 3.10. The Morgan fingerprint density at radius 2 is 1.94 bits per heavy atom. The lowest BCUT2D eigenvalue weighted by Crippen LogP contribution is -2.54. The zero-order valence-corrected chi connectivity index (χ0v) is 18.2. The third-order valence-corrected chi connectivity index (χ3v) is 7.42. The number of benzene rings is 1. The van der Waals surface area contributed by atoms with Crippen LogP contribution in [0.25, 0.3) is 10.9 Å². The maximum Gasteiger partial charge on any atom is 0.323 e. The maximum absolute atomic E-state index is 14.0. The van der Waals surface area contributed by atoms with Crippen LogP contribution in [0.15, 0.2) is 42.7 Å². The van der Waals surface area contributed by atoms with Crippen LogP contribution in [0.5, 0.6) is 0 Å². The number of hydrogen-bond acceptors (Lipinski definition) is 3. The van der Waals surface area contributed by atoms with E-state index in [1.165, 1.54) is 6.07 Å². The van der Waals surface area contributed by atoms with Crippen molar-refractivity contribution in [3.05, 3.63) is 59.7 Å². The van der Waals surface area contributed by atoms with E-state index < -0.39 is 0 Å². The zero-order chi connectivity index (χ0) is 21.8. The van der Waals surface area contributed by atoms with Gasteiger partial charge >= 0.3 is 6.03 Å². The average Bonchev–Trinajstić information content (AvgIpc) is 3.34. The molecule has 1 spiro atoms. The van der Waals surface area contributed by atoms with Crippen LogP contribution in [0.2, 0.25) is 0 Å². The van der Waals surface area contributed by atoms with Crippen LogP contribution in [-0.4, -0.2) is 47.1 Å². The molecule has 31 heavy (non-hydrogen) atoms. The first kappa shape index (κ1) is 20.0. The molecule has 7 heteroatoms. The normalized spacial score (nSPS) is 26.2. The zero-order valence-electron chi connectivity index (χ0n) is 18.2. The van der Waals surface area contributed by atoms with Gasteiger partial charge in [-0.1, -0.05) is 12.1 Å². The summed E-state index contributed by atoms with van der Waals surface area (Å²) in [6, 6.07) is 8.86. The molecule has 2 aromatic heterocycles. The van der Waals surface area contributed by atoms with E-state index in [4.69, 9.17) is 0 Å². The molecule has 5 rings (SSSR count). The molecule has 1 saturated carbocycles. The van der Waals surface area contributed by atoms with Gasteiger partial charge in [0.25, 0.3) is 0 Å². The summed E-state index contributed by atoms with van der Waals surface area (Å²) in [6.45, 7) is 2.61. The second-order valence-corrected chi connectivity index (χ2v) is 9.24. The Balaban J connectivity index is 1.41. The number of halogens is 1. The Labute approximate surface area is 181 Å². The lowest BCUT2D eigenvalue weighted by atomic mass is 9.69. The van der Waals surface area contributed by atoms with Crippen molar-refractivity contribution >= 4 is 22.8 Å². The molecule has 1 aliphatic carbocycles. The smallest absolute Gasteiger partial charge is 0.323 e. The van der Waals surface area contributed by atoms with Gasteiger partial charge in [-0.05, 0) is 70.5 Å². The van der Waals surface area contributed by atoms with E-state index in [2.05, 4.69) is 34.3 Å². The summed E-state index contributed by atoms with van der Waals surface area (Å²) in [4.78, 5) is 24.7. The minimum Gasteiger partial charge on any atom is -0.360 e. The van der Waals surface area contributed by atoms with Crippen molar-refractivity contribution in [2.75, 3.05) is 25.5 Å². The van der Waals surface area contributed by atoms with Crippen LogP contribution in [0.4, 0.5) is 15.0 Å². The number of fused-ring (bicyclic) bond motifs is 1. The van der Waals surface area contributed by atoms with Crippen LogP contribution in [0.1, 0.15) is 36.8 Å². The van der Waals surface area contributed by atoms with Crippen molar-refractivity contribution in [3.8, 4) is 0 Å². The highest BCUT2D eigenvalue weighted by molar-refractivity contribution is 5.98. The van der Waals surface area contributed by atoms with Crippen LogP contribution in [-0.2, 0) is 5.54 Å². The van der Waals surface area contributed by atoms with E-state index in [0.717, 1.165) is 53.5 Å². The highest BCUT2D eigenvalue weighted by Crippen LogP contribution is 2.46. The highest BCUT2D eigenvalue weighted by Gasteiger charge is 2.50. The van der Waals surface area contributed by atoms with Crippen molar-refractivity contribution in [1.29, 1.82) is 0 Å². The molecule has 3 aromatic rings. The number of rotatable bonds is 3. The minimum atomic E-state index is -0.287. The molecule has 162 valence electrons. The minimum absolute atomic E-state index is 0.0893. The summed E-state index contributed by atoms with van der Waals surface area (Å²) < 4.78 is 14.0. The van der Waals surface area contributed by atoms with Crippen LogP contribution in [0.3, 0.4) is 0 Å². The van der Waals surface area contributed by atoms with Crippen molar-refractivity contribution in [3.63, 3.8) is 0 Å². The first-order valence-corrected chi connectivity index (χ1v) is 10.8. The number of urea groups is 1. The molecule has 0 radical (unpaired) electrons. The van der Waals surface area contributed by atoms with Crippen LogP contribution in [0, 0.1) is 12.7 Å². The summed E-state index contributed by atoms with van der Waals surface area (Å²) in [5.74, 6) is 0.511. The fourth-order valence-corrected chi connectivity index (χ4v) is 5.51. The van der Waals surface area contributed by atoms with Gasteiger partial charge in [0.15, 0.2) is 0 Å². The van der Waals surface area contributed by atoms with Gasteiger partial charge in [0, 0.05) is 22.7 Å². The van der Waals surface area contributed by atoms with Gasteiger partial charge < -0.3 is 10.3 Å². The molecule has 2 fully saturated rings. The highest BCUT2D eigenvalue weighted by atomic mass is 19.1. The molecule has 0 bridgehead atoms. The lowest BCUT2D eigenvalue weighted by molar-refractivity contribution is 0.0655. The first-order chi connectivity index (χ1) is 14.8. The molecule has 1 aliphatic heterocycles. The Hall–Kier alpha value is -2.93. The van der Waals surface area contributed by atoms with E-state index in [-0.39, 0.29) is 22.9 Å². The van der Waals surface area contributed by atoms with E-state index >= 15 is 0 Å². The number of pyridine rings is 1. The number of aromatic amines is 1. The molecule has 1 saturated heterocycles. The van der Waals surface area contributed by atoms with E-state index in [1.807, 2.05) is 25.3 Å². The van der Waals surface area contributed by atoms with Crippen LogP contribution >= 0.6 is 0 Å². The quantitative estimate of drug-likeness (QED) is 0.662. The van der Waals surface area contributed by atoms with Gasteiger partial charge in [-0.3, -0.25) is 9.80 Å². The molecule has 2 amide bonds. The Morgan fingerprint density at radius 3 is 2.65 bits per heavy atom. The molecule has 6 nitrogen and oxygen atoms in total. The van der Waals surface area contributed by atoms with Gasteiger partial charge in [-0.25, -0.2) is 14.2 Å². The molecule has 2 N–H and O–H groups in total. The van der Waals surface area contributed by atoms with Crippen LogP contribution < -0.4 is 10.2 Å².